The van der Waals surface area contributed by atoms with E-state index in [0.717, 1.165) is 26.1 Å². The molecule has 0 saturated heterocycles. The van der Waals surface area contributed by atoms with Gasteiger partial charge in [0.25, 0.3) is 0 Å². The molecule has 0 radical (unpaired) electrons. The number of rotatable bonds is 5. The van der Waals surface area contributed by atoms with E-state index in [0.29, 0.717) is 0 Å². The maximum atomic E-state index is 5.41. The number of hydrogen-bond acceptors (Lipinski definition) is 1. The normalized spacial score (nSPS) is 12.2. The Labute approximate surface area is 114 Å². The molecule has 0 aromatic carbocycles. The standard InChI is InChI=1S/C10H15O.2ClH.Ti/c1-2-3-8-11-9-10-6-4-5-7-10;;;/h4,6H,2-3,5,8-9H2,1H3;2*1H;/q-1;;;. The van der Waals surface area contributed by atoms with E-state index in [-0.39, 0.29) is 46.5 Å². The first kappa shape index (κ1) is 20.2. The molecular weight excluding hydrogens is 255 g/mol. The van der Waals surface area contributed by atoms with Crippen molar-refractivity contribution in [2.24, 2.45) is 0 Å². The molecule has 0 heterocycles. The quantitative estimate of drug-likeness (QED) is 0.423. The predicted octanol–water partition coefficient (Wildman–Crippen LogP) is 3.33. The van der Waals surface area contributed by atoms with E-state index in [2.05, 4.69) is 25.2 Å². The Kier molecular flexibility index (Phi) is 19.8. The average Bonchev–Trinajstić information content (AvgIpc) is 2.50. The maximum absolute atomic E-state index is 5.41. The van der Waals surface area contributed by atoms with Gasteiger partial charge in [-0.1, -0.05) is 13.3 Å². The summed E-state index contributed by atoms with van der Waals surface area (Å²) in [5.41, 5.74) is 1.21. The average molecular weight is 272 g/mol. The molecule has 0 spiro atoms. The van der Waals surface area contributed by atoms with Gasteiger partial charge in [-0.2, -0.15) is 11.6 Å². The summed E-state index contributed by atoms with van der Waals surface area (Å²) >= 11 is 0. The van der Waals surface area contributed by atoms with Crippen LogP contribution in [0.4, 0.5) is 0 Å². The number of allylic oxidation sites excluding steroid dienone is 2. The minimum Gasteiger partial charge on any atom is -0.380 e. The van der Waals surface area contributed by atoms with Crippen LogP contribution in [0, 0.1) is 6.08 Å². The van der Waals surface area contributed by atoms with Crippen LogP contribution < -0.4 is 0 Å². The molecule has 0 saturated carbocycles. The Bertz CT molecular complexity index is 170. The molecule has 0 aromatic rings. The molecular formula is C10H17Cl2OTi-. The predicted molar refractivity (Wildman–Crippen MR) is 60.7 cm³/mol. The van der Waals surface area contributed by atoms with E-state index < -0.39 is 0 Å². The second kappa shape index (κ2) is 13.7. The van der Waals surface area contributed by atoms with Crippen molar-refractivity contribution in [3.05, 3.63) is 23.8 Å². The first-order chi connectivity index (χ1) is 5.43. The molecule has 0 unspecified atom stereocenters. The summed E-state index contributed by atoms with van der Waals surface area (Å²) in [6, 6.07) is 0. The fraction of sp³-hybridized carbons (Fsp3) is 0.600. The summed E-state index contributed by atoms with van der Waals surface area (Å²) < 4.78 is 5.41. The van der Waals surface area contributed by atoms with Gasteiger partial charge in [0.2, 0.25) is 0 Å². The summed E-state index contributed by atoms with van der Waals surface area (Å²) in [6.45, 7) is 3.80. The van der Waals surface area contributed by atoms with Gasteiger partial charge in [0.05, 0.1) is 0 Å². The molecule has 1 aliphatic carbocycles. The number of hydrogen-bond donors (Lipinski definition) is 0. The molecule has 0 bridgehead atoms. The molecule has 0 amide bonds. The van der Waals surface area contributed by atoms with Gasteiger partial charge in [-0.15, -0.1) is 31.2 Å². The Balaban J connectivity index is -0.000000403. The fourth-order valence-electron chi connectivity index (χ4n) is 0.978. The van der Waals surface area contributed by atoms with Gasteiger partial charge in [-0.05, 0) is 6.42 Å². The number of unbranched alkanes of at least 4 members (excludes halogenated alkanes) is 1. The number of ether oxygens (including phenoxy) is 1. The van der Waals surface area contributed by atoms with Crippen molar-refractivity contribution in [1.82, 2.24) is 0 Å². The summed E-state index contributed by atoms with van der Waals surface area (Å²) in [7, 11) is 0. The molecule has 1 aliphatic rings. The molecule has 1 nitrogen and oxygen atoms in total. The van der Waals surface area contributed by atoms with Crippen molar-refractivity contribution in [1.29, 1.82) is 0 Å². The van der Waals surface area contributed by atoms with Crippen molar-refractivity contribution >= 4 is 24.8 Å². The van der Waals surface area contributed by atoms with E-state index in [9.17, 15) is 0 Å². The van der Waals surface area contributed by atoms with Crippen molar-refractivity contribution in [2.45, 2.75) is 26.2 Å². The van der Waals surface area contributed by atoms with Crippen molar-refractivity contribution < 1.29 is 26.5 Å². The SMILES string of the molecule is CCCCOCC1=[C-]CC=C1.Cl.Cl.[Ti]. The molecule has 82 valence electrons. The Morgan fingerprint density at radius 1 is 1.43 bits per heavy atom. The van der Waals surface area contributed by atoms with Crippen LogP contribution in [0.25, 0.3) is 0 Å². The van der Waals surface area contributed by atoms with Crippen LogP contribution in [-0.4, -0.2) is 13.2 Å². The van der Waals surface area contributed by atoms with Crippen molar-refractivity contribution in [3.8, 4) is 0 Å². The summed E-state index contributed by atoms with van der Waals surface area (Å²) in [4.78, 5) is 0. The second-order valence-corrected chi connectivity index (χ2v) is 2.71. The minimum atomic E-state index is 0. The Hall–Kier alpha value is 0.734. The molecule has 0 aliphatic heterocycles. The first-order valence-corrected chi connectivity index (χ1v) is 4.27. The van der Waals surface area contributed by atoms with Crippen molar-refractivity contribution in [2.75, 3.05) is 13.2 Å². The van der Waals surface area contributed by atoms with E-state index in [1.807, 2.05) is 0 Å². The van der Waals surface area contributed by atoms with Gasteiger partial charge in [0, 0.05) is 34.9 Å². The van der Waals surface area contributed by atoms with Gasteiger partial charge in [0.1, 0.15) is 0 Å². The smallest absolute Gasteiger partial charge is 0.0469 e. The van der Waals surface area contributed by atoms with Crippen LogP contribution in [-0.2, 0) is 26.5 Å². The van der Waals surface area contributed by atoms with Gasteiger partial charge < -0.3 is 4.74 Å². The van der Waals surface area contributed by atoms with Crippen molar-refractivity contribution in [3.63, 3.8) is 0 Å². The van der Waals surface area contributed by atoms with Gasteiger partial charge in [-0.3, -0.25) is 6.08 Å². The zero-order chi connectivity index (χ0) is 7.94. The second-order valence-electron chi connectivity index (χ2n) is 2.71. The molecule has 1 rings (SSSR count). The minimum absolute atomic E-state index is 0. The van der Waals surface area contributed by atoms with Crippen LogP contribution in [0.1, 0.15) is 26.2 Å². The van der Waals surface area contributed by atoms with Crippen LogP contribution in [0.3, 0.4) is 0 Å². The third-order valence-electron chi connectivity index (χ3n) is 1.67. The van der Waals surface area contributed by atoms with Crippen LogP contribution in [0.5, 0.6) is 0 Å². The van der Waals surface area contributed by atoms with E-state index in [1.165, 1.54) is 12.0 Å². The van der Waals surface area contributed by atoms with E-state index in [4.69, 9.17) is 4.74 Å². The van der Waals surface area contributed by atoms with E-state index in [1.54, 1.807) is 0 Å². The summed E-state index contributed by atoms with van der Waals surface area (Å²) in [5, 5.41) is 0. The number of halogens is 2. The zero-order valence-electron chi connectivity index (χ0n) is 8.41. The van der Waals surface area contributed by atoms with Crippen LogP contribution >= 0.6 is 24.8 Å². The molecule has 14 heavy (non-hydrogen) atoms. The van der Waals surface area contributed by atoms with Gasteiger partial charge in [-0.25, -0.2) is 6.08 Å². The molecule has 0 fully saturated rings. The first-order valence-electron chi connectivity index (χ1n) is 4.27. The topological polar surface area (TPSA) is 9.23 Å². The summed E-state index contributed by atoms with van der Waals surface area (Å²) in [6.07, 6.45) is 10.7. The molecule has 0 atom stereocenters. The van der Waals surface area contributed by atoms with Crippen LogP contribution in [0.15, 0.2) is 17.7 Å². The van der Waals surface area contributed by atoms with Gasteiger partial charge in [0.15, 0.2) is 0 Å². The molecule has 4 heteroatoms. The zero-order valence-corrected chi connectivity index (χ0v) is 11.6. The Morgan fingerprint density at radius 3 is 2.64 bits per heavy atom. The molecule has 0 aromatic heterocycles. The monoisotopic (exact) mass is 271 g/mol. The summed E-state index contributed by atoms with van der Waals surface area (Å²) in [5.74, 6) is 0. The third kappa shape index (κ3) is 9.30. The fourth-order valence-corrected chi connectivity index (χ4v) is 0.978. The third-order valence-corrected chi connectivity index (χ3v) is 1.67. The van der Waals surface area contributed by atoms with Gasteiger partial charge >= 0.3 is 0 Å². The van der Waals surface area contributed by atoms with Crippen LogP contribution in [0.2, 0.25) is 0 Å². The van der Waals surface area contributed by atoms with E-state index >= 15 is 0 Å². The molecule has 0 N–H and O–H groups in total. The Morgan fingerprint density at radius 2 is 2.14 bits per heavy atom. The largest absolute Gasteiger partial charge is 0.380 e. The maximum Gasteiger partial charge on any atom is 0.0469 e.